The molecular weight excluding hydrogens is 434 g/mol. The van der Waals surface area contributed by atoms with Crippen molar-refractivity contribution in [3.63, 3.8) is 0 Å². The summed E-state index contributed by atoms with van der Waals surface area (Å²) in [6.07, 6.45) is 8.40. The van der Waals surface area contributed by atoms with E-state index in [9.17, 15) is 4.79 Å². The van der Waals surface area contributed by atoms with Crippen LogP contribution >= 0.6 is 0 Å². The summed E-state index contributed by atoms with van der Waals surface area (Å²) in [5.74, 6) is 1.68. The minimum Gasteiger partial charge on any atom is -0.475 e. The van der Waals surface area contributed by atoms with Gasteiger partial charge in [0.2, 0.25) is 11.8 Å². The molecule has 0 spiro atoms. The lowest BCUT2D eigenvalue weighted by Crippen LogP contribution is -2.28. The number of ether oxygens (including phenoxy) is 2. The van der Waals surface area contributed by atoms with Crippen molar-refractivity contribution < 1.29 is 19.4 Å². The van der Waals surface area contributed by atoms with E-state index in [-0.39, 0.29) is 25.2 Å². The Labute approximate surface area is 196 Å². The second-order valence-corrected chi connectivity index (χ2v) is 8.13. The first-order valence-corrected chi connectivity index (χ1v) is 11.2. The lowest BCUT2D eigenvalue weighted by molar-refractivity contribution is -0.129. The number of nitrogens with zero attached hydrogens (tertiary/aromatic N) is 4. The van der Waals surface area contributed by atoms with E-state index in [4.69, 9.17) is 14.6 Å². The van der Waals surface area contributed by atoms with Crippen LogP contribution in [0.3, 0.4) is 0 Å². The molecule has 34 heavy (non-hydrogen) atoms. The van der Waals surface area contributed by atoms with Crippen molar-refractivity contribution in [2.75, 3.05) is 19.8 Å². The van der Waals surface area contributed by atoms with E-state index >= 15 is 0 Å². The average Bonchev–Trinajstić information content (AvgIpc) is 3.51. The van der Waals surface area contributed by atoms with Gasteiger partial charge in [-0.05, 0) is 37.1 Å². The molecule has 1 aliphatic rings. The number of carbonyl (C=O) groups is 1. The molecule has 1 fully saturated rings. The zero-order chi connectivity index (χ0) is 23.5. The highest BCUT2D eigenvalue weighted by atomic mass is 16.5. The van der Waals surface area contributed by atoms with E-state index in [1.165, 1.54) is 0 Å². The molecule has 1 amide bonds. The third-order valence-corrected chi connectivity index (χ3v) is 5.88. The van der Waals surface area contributed by atoms with Gasteiger partial charge in [0.15, 0.2) is 0 Å². The number of rotatable bonds is 7. The lowest BCUT2D eigenvalue weighted by Gasteiger charge is -2.25. The van der Waals surface area contributed by atoms with E-state index in [1.54, 1.807) is 43.8 Å². The quantitative estimate of drug-likeness (QED) is 0.431. The van der Waals surface area contributed by atoms with Crippen LogP contribution < -0.4 is 9.47 Å². The molecule has 0 bridgehead atoms. The average molecular weight is 460 g/mol. The largest absolute Gasteiger partial charge is 0.475 e. The maximum absolute atomic E-state index is 12.3. The summed E-state index contributed by atoms with van der Waals surface area (Å²) >= 11 is 0. The predicted molar refractivity (Wildman–Crippen MR) is 126 cm³/mol. The molecule has 1 saturated heterocycles. The number of aliphatic hydroxyl groups is 1. The Morgan fingerprint density at radius 3 is 2.85 bits per heavy atom. The van der Waals surface area contributed by atoms with Gasteiger partial charge in [-0.2, -0.15) is 0 Å². The third-order valence-electron chi connectivity index (χ3n) is 5.88. The molecule has 1 atom stereocenters. The number of pyridine rings is 1. The van der Waals surface area contributed by atoms with Crippen molar-refractivity contribution >= 4 is 16.8 Å². The number of hydrogen-bond donors (Lipinski definition) is 2. The number of carbonyl (C=O) groups excluding carboxylic acids is 1. The van der Waals surface area contributed by atoms with Gasteiger partial charge in [-0.15, -0.1) is 0 Å². The smallest absolute Gasteiger partial charge is 0.219 e. The first-order valence-electron chi connectivity index (χ1n) is 11.2. The molecule has 9 nitrogen and oxygen atoms in total. The highest BCUT2D eigenvalue weighted by Crippen LogP contribution is 2.41. The molecule has 9 heteroatoms. The standard InChI is InChI=1S/C25H25N5O4/c1-16(32)30-8-2-3-23(30)19-13-20-17(11-21(29-20)22-15-26-6-7-27-22)12-24(19)34-18-4-5-25(28-14-18)33-10-9-31/h4-7,11-15,23,29,31H,2-3,8-10H2,1H3. The number of aliphatic hydroxyl groups excluding tert-OH is 1. The maximum Gasteiger partial charge on any atom is 0.219 e. The minimum atomic E-state index is -0.0788. The summed E-state index contributed by atoms with van der Waals surface area (Å²) in [7, 11) is 0. The fourth-order valence-corrected chi connectivity index (χ4v) is 4.36. The van der Waals surface area contributed by atoms with Gasteiger partial charge in [0.1, 0.15) is 23.8 Å². The number of aromatic nitrogens is 4. The van der Waals surface area contributed by atoms with Crippen molar-refractivity contribution in [2.45, 2.75) is 25.8 Å². The van der Waals surface area contributed by atoms with Crippen molar-refractivity contribution in [3.05, 3.63) is 60.7 Å². The fraction of sp³-hybridized carbons (Fsp3) is 0.280. The molecule has 1 aliphatic heterocycles. The monoisotopic (exact) mass is 459 g/mol. The van der Waals surface area contributed by atoms with Crippen LogP contribution in [0.15, 0.2) is 55.1 Å². The van der Waals surface area contributed by atoms with Crippen molar-refractivity contribution in [3.8, 4) is 28.8 Å². The summed E-state index contributed by atoms with van der Waals surface area (Å²) in [6.45, 7) is 2.43. The highest BCUT2D eigenvalue weighted by molar-refractivity contribution is 5.88. The van der Waals surface area contributed by atoms with E-state index in [0.29, 0.717) is 17.4 Å². The topological polar surface area (TPSA) is 113 Å². The van der Waals surface area contributed by atoms with Crippen LogP contribution in [0.1, 0.15) is 31.4 Å². The predicted octanol–water partition coefficient (Wildman–Crippen LogP) is 3.87. The molecule has 3 aromatic heterocycles. The summed E-state index contributed by atoms with van der Waals surface area (Å²) in [5.41, 5.74) is 3.47. The molecule has 1 aromatic carbocycles. The Hall–Kier alpha value is -3.98. The number of amides is 1. The van der Waals surface area contributed by atoms with Crippen LogP contribution in [0.5, 0.6) is 17.4 Å². The van der Waals surface area contributed by atoms with E-state index in [1.807, 2.05) is 17.0 Å². The van der Waals surface area contributed by atoms with Gasteiger partial charge in [0, 0.05) is 48.4 Å². The Balaban J connectivity index is 1.54. The zero-order valence-corrected chi connectivity index (χ0v) is 18.8. The Morgan fingerprint density at radius 1 is 1.21 bits per heavy atom. The van der Waals surface area contributed by atoms with Crippen LogP contribution in [-0.4, -0.2) is 55.6 Å². The number of aromatic amines is 1. The van der Waals surface area contributed by atoms with Crippen LogP contribution in [0.2, 0.25) is 0 Å². The van der Waals surface area contributed by atoms with Crippen LogP contribution in [0.25, 0.3) is 22.3 Å². The minimum absolute atomic E-state index is 0.0485. The summed E-state index contributed by atoms with van der Waals surface area (Å²) in [5, 5.41) is 9.88. The molecule has 0 radical (unpaired) electrons. The fourth-order valence-electron chi connectivity index (χ4n) is 4.36. The maximum atomic E-state index is 12.3. The van der Waals surface area contributed by atoms with Gasteiger partial charge in [-0.3, -0.25) is 14.8 Å². The third kappa shape index (κ3) is 4.42. The first kappa shape index (κ1) is 21.8. The number of benzene rings is 1. The number of likely N-dealkylation sites (tertiary alicyclic amines) is 1. The van der Waals surface area contributed by atoms with Crippen molar-refractivity contribution in [2.24, 2.45) is 0 Å². The summed E-state index contributed by atoms with van der Waals surface area (Å²) in [6, 6.07) is 9.45. The Morgan fingerprint density at radius 2 is 2.12 bits per heavy atom. The second kappa shape index (κ2) is 9.48. The van der Waals surface area contributed by atoms with Crippen molar-refractivity contribution in [1.29, 1.82) is 0 Å². The number of fused-ring (bicyclic) bond motifs is 1. The Bertz CT molecular complexity index is 1290. The molecule has 4 aromatic rings. The van der Waals surface area contributed by atoms with Crippen LogP contribution in [0, 0.1) is 0 Å². The SMILES string of the molecule is CC(=O)N1CCCC1c1cc2[nH]c(-c3cnccn3)cc2cc1Oc1ccc(OCCO)nc1. The zero-order valence-electron chi connectivity index (χ0n) is 18.8. The number of nitrogens with one attached hydrogen (secondary N) is 1. The van der Waals surface area contributed by atoms with Gasteiger partial charge in [-0.25, -0.2) is 4.98 Å². The van der Waals surface area contributed by atoms with E-state index in [0.717, 1.165) is 47.2 Å². The summed E-state index contributed by atoms with van der Waals surface area (Å²) in [4.78, 5) is 30.4. The molecule has 1 unspecified atom stereocenters. The van der Waals surface area contributed by atoms with Gasteiger partial charge in [0.05, 0.1) is 30.7 Å². The van der Waals surface area contributed by atoms with Gasteiger partial charge < -0.3 is 24.5 Å². The lowest BCUT2D eigenvalue weighted by atomic mass is 10.0. The number of hydrogen-bond acceptors (Lipinski definition) is 7. The van der Waals surface area contributed by atoms with Gasteiger partial charge in [0.25, 0.3) is 0 Å². The Kier molecular flexibility index (Phi) is 6.09. The molecule has 174 valence electrons. The molecule has 4 heterocycles. The van der Waals surface area contributed by atoms with Gasteiger partial charge >= 0.3 is 0 Å². The molecule has 5 rings (SSSR count). The van der Waals surface area contributed by atoms with Crippen molar-refractivity contribution in [1.82, 2.24) is 24.8 Å². The van der Waals surface area contributed by atoms with Crippen LogP contribution in [-0.2, 0) is 4.79 Å². The first-order chi connectivity index (χ1) is 16.6. The second-order valence-electron chi connectivity index (χ2n) is 8.13. The molecule has 0 saturated carbocycles. The van der Waals surface area contributed by atoms with Gasteiger partial charge in [-0.1, -0.05) is 0 Å². The molecular formula is C25H25N5O4. The normalized spacial score (nSPS) is 15.6. The molecule has 2 N–H and O–H groups in total. The van der Waals surface area contributed by atoms with E-state index < -0.39 is 0 Å². The molecule has 0 aliphatic carbocycles. The summed E-state index contributed by atoms with van der Waals surface area (Å²) < 4.78 is 11.6. The van der Waals surface area contributed by atoms with Crippen LogP contribution in [0.4, 0.5) is 0 Å². The number of H-pyrrole nitrogens is 1. The van der Waals surface area contributed by atoms with E-state index in [2.05, 4.69) is 26.0 Å². The highest BCUT2D eigenvalue weighted by Gasteiger charge is 2.31.